The van der Waals surface area contributed by atoms with Gasteiger partial charge in [-0.2, -0.15) is 5.10 Å². The van der Waals surface area contributed by atoms with E-state index >= 15 is 0 Å². The molecule has 0 atom stereocenters. The Balaban J connectivity index is 1.62. The fourth-order valence-corrected chi connectivity index (χ4v) is 4.56. The highest BCUT2D eigenvalue weighted by molar-refractivity contribution is 7.19. The lowest BCUT2D eigenvalue weighted by Crippen LogP contribution is -2.48. The molecule has 1 fully saturated rings. The van der Waals surface area contributed by atoms with E-state index in [1.54, 1.807) is 11.3 Å². The molecular formula is C18H21N5S. The summed E-state index contributed by atoms with van der Waals surface area (Å²) in [5.74, 6) is 0. The number of nitrogens with zero attached hydrogens (tertiary/aromatic N) is 3. The molecule has 0 amide bonds. The van der Waals surface area contributed by atoms with Crippen LogP contribution in [0.25, 0.3) is 10.2 Å². The van der Waals surface area contributed by atoms with Gasteiger partial charge in [-0.05, 0) is 49.4 Å². The molecule has 3 N–H and O–H groups in total. The number of fused-ring (bicyclic) bond motifs is 1. The van der Waals surface area contributed by atoms with E-state index in [2.05, 4.69) is 27.4 Å². The van der Waals surface area contributed by atoms with Gasteiger partial charge in [0.25, 0.3) is 0 Å². The maximum absolute atomic E-state index is 6.45. The molecule has 3 aromatic heterocycles. The van der Waals surface area contributed by atoms with Crippen LogP contribution in [0.1, 0.15) is 35.3 Å². The molecular weight excluding hydrogens is 318 g/mol. The Kier molecular flexibility index (Phi) is 3.94. The summed E-state index contributed by atoms with van der Waals surface area (Å²) in [6.45, 7) is 2.88. The molecule has 0 unspecified atom stereocenters. The molecule has 124 valence electrons. The van der Waals surface area contributed by atoms with Crippen molar-refractivity contribution in [1.82, 2.24) is 15.2 Å². The summed E-state index contributed by atoms with van der Waals surface area (Å²) in [5, 5.41) is 12.0. The summed E-state index contributed by atoms with van der Waals surface area (Å²) in [4.78, 5) is 5.40. The topological polar surface area (TPSA) is 76.7 Å². The summed E-state index contributed by atoms with van der Waals surface area (Å²) in [6, 6.07) is 4.03. The third kappa shape index (κ3) is 2.87. The average Bonchev–Trinajstić information content (AvgIpc) is 2.89. The number of thiophene rings is 1. The monoisotopic (exact) mass is 339 g/mol. The van der Waals surface area contributed by atoms with Crippen molar-refractivity contribution in [2.24, 2.45) is 5.73 Å². The summed E-state index contributed by atoms with van der Waals surface area (Å²) in [5.41, 5.74) is 10.9. The smallest absolute Gasteiger partial charge is 0.109 e. The van der Waals surface area contributed by atoms with Gasteiger partial charge < -0.3 is 11.1 Å². The van der Waals surface area contributed by atoms with Crippen molar-refractivity contribution in [2.75, 3.05) is 5.32 Å². The van der Waals surface area contributed by atoms with Crippen molar-refractivity contribution in [2.45, 2.75) is 44.7 Å². The maximum Gasteiger partial charge on any atom is 0.109 e. The van der Waals surface area contributed by atoms with Crippen molar-refractivity contribution < 1.29 is 0 Å². The Bertz CT molecular complexity index is 854. The van der Waals surface area contributed by atoms with E-state index in [9.17, 15) is 0 Å². The highest BCUT2D eigenvalue weighted by Gasteiger charge is 2.34. The summed E-state index contributed by atoms with van der Waals surface area (Å²) >= 11 is 1.80. The van der Waals surface area contributed by atoms with E-state index < -0.39 is 0 Å². The molecule has 0 saturated heterocycles. The first-order valence-corrected chi connectivity index (χ1v) is 9.12. The zero-order valence-corrected chi connectivity index (χ0v) is 14.6. The number of pyridine rings is 1. The van der Waals surface area contributed by atoms with Gasteiger partial charge in [-0.3, -0.25) is 4.98 Å². The first kappa shape index (κ1) is 15.5. The molecule has 24 heavy (non-hydrogen) atoms. The Labute approximate surface area is 145 Å². The van der Waals surface area contributed by atoms with Crippen LogP contribution in [0.15, 0.2) is 30.7 Å². The van der Waals surface area contributed by atoms with Crippen LogP contribution in [0, 0.1) is 6.92 Å². The summed E-state index contributed by atoms with van der Waals surface area (Å²) in [7, 11) is 0. The van der Waals surface area contributed by atoms with Crippen molar-refractivity contribution in [3.63, 3.8) is 0 Å². The van der Waals surface area contributed by atoms with Crippen LogP contribution in [0.3, 0.4) is 0 Å². The minimum Gasteiger partial charge on any atom is -0.378 e. The van der Waals surface area contributed by atoms with Gasteiger partial charge in [0.1, 0.15) is 5.52 Å². The van der Waals surface area contributed by atoms with E-state index in [1.807, 2.05) is 30.7 Å². The Morgan fingerprint density at radius 1 is 1.29 bits per heavy atom. The third-order valence-corrected chi connectivity index (χ3v) is 6.21. The van der Waals surface area contributed by atoms with E-state index in [-0.39, 0.29) is 5.54 Å². The minimum absolute atomic E-state index is 0.0102. The molecule has 0 aromatic carbocycles. The lowest BCUT2D eigenvalue weighted by molar-refractivity contribution is 0.249. The maximum atomic E-state index is 6.45. The lowest BCUT2D eigenvalue weighted by Gasteiger charge is -2.38. The Hall–Kier alpha value is -2.05. The van der Waals surface area contributed by atoms with Crippen LogP contribution in [-0.2, 0) is 13.0 Å². The summed E-state index contributed by atoms with van der Waals surface area (Å²) in [6.07, 6.45) is 9.88. The minimum atomic E-state index is -0.0102. The molecule has 0 radical (unpaired) electrons. The van der Waals surface area contributed by atoms with E-state index in [0.29, 0.717) is 0 Å². The number of hydrogen-bond acceptors (Lipinski definition) is 6. The van der Waals surface area contributed by atoms with Crippen molar-refractivity contribution in [1.29, 1.82) is 0 Å². The SMILES string of the molecule is Cc1c(CC2(N)CCC2)sc2c(NCc3ccncc3)cnnc12. The second kappa shape index (κ2) is 6.11. The number of nitrogens with one attached hydrogen (secondary N) is 1. The second-order valence-electron chi connectivity index (χ2n) is 6.69. The van der Waals surface area contributed by atoms with E-state index in [1.165, 1.54) is 27.1 Å². The molecule has 1 aliphatic carbocycles. The van der Waals surface area contributed by atoms with Crippen molar-refractivity contribution in [3.05, 3.63) is 46.7 Å². The highest BCUT2D eigenvalue weighted by Crippen LogP contribution is 2.39. The molecule has 5 nitrogen and oxygen atoms in total. The zero-order valence-electron chi connectivity index (χ0n) is 13.7. The highest BCUT2D eigenvalue weighted by atomic mass is 32.1. The molecule has 1 aliphatic rings. The van der Waals surface area contributed by atoms with E-state index in [0.717, 1.165) is 37.0 Å². The molecule has 0 aliphatic heterocycles. The second-order valence-corrected chi connectivity index (χ2v) is 7.79. The molecule has 6 heteroatoms. The van der Waals surface area contributed by atoms with Gasteiger partial charge in [-0.25, -0.2) is 0 Å². The molecule has 3 aromatic rings. The predicted molar refractivity (Wildman–Crippen MR) is 98.2 cm³/mol. The number of nitrogens with two attached hydrogens (primary N) is 1. The Morgan fingerprint density at radius 2 is 2.08 bits per heavy atom. The number of aryl methyl sites for hydroxylation is 1. The molecule has 0 spiro atoms. The van der Waals surface area contributed by atoms with Gasteiger partial charge in [-0.1, -0.05) is 0 Å². The van der Waals surface area contributed by atoms with Crippen LogP contribution < -0.4 is 11.1 Å². The normalized spacial score (nSPS) is 16.1. The number of rotatable bonds is 5. The average molecular weight is 339 g/mol. The molecule has 1 saturated carbocycles. The van der Waals surface area contributed by atoms with Crippen LogP contribution in [0.5, 0.6) is 0 Å². The third-order valence-electron chi connectivity index (χ3n) is 4.90. The number of hydrogen-bond donors (Lipinski definition) is 2. The molecule has 4 rings (SSSR count). The Morgan fingerprint density at radius 3 is 2.79 bits per heavy atom. The molecule has 0 bridgehead atoms. The predicted octanol–water partition coefficient (Wildman–Crippen LogP) is 3.43. The van der Waals surface area contributed by atoms with Gasteiger partial charge in [0.05, 0.1) is 16.6 Å². The first-order valence-electron chi connectivity index (χ1n) is 8.30. The van der Waals surface area contributed by atoms with Gasteiger partial charge >= 0.3 is 0 Å². The van der Waals surface area contributed by atoms with Gasteiger partial charge in [0, 0.05) is 35.8 Å². The van der Waals surface area contributed by atoms with Gasteiger partial charge in [0.2, 0.25) is 0 Å². The van der Waals surface area contributed by atoms with Crippen LogP contribution in [0.2, 0.25) is 0 Å². The van der Waals surface area contributed by atoms with Crippen LogP contribution in [-0.4, -0.2) is 20.7 Å². The molecule has 3 heterocycles. The van der Waals surface area contributed by atoms with Gasteiger partial charge in [0.15, 0.2) is 0 Å². The van der Waals surface area contributed by atoms with Gasteiger partial charge in [-0.15, -0.1) is 16.4 Å². The number of anilines is 1. The standard InChI is InChI=1S/C18H21N5S/c1-12-15(9-18(19)5-2-6-18)24-17-14(11-22-23-16(12)17)21-10-13-3-7-20-8-4-13/h3-4,7-8,11H,2,5-6,9-10,19H2,1H3,(H,21,23). The van der Waals surface area contributed by atoms with Crippen LogP contribution >= 0.6 is 11.3 Å². The largest absolute Gasteiger partial charge is 0.378 e. The number of aromatic nitrogens is 3. The lowest BCUT2D eigenvalue weighted by atomic mass is 9.75. The zero-order chi connectivity index (χ0) is 16.6. The van der Waals surface area contributed by atoms with Crippen LogP contribution in [0.4, 0.5) is 5.69 Å². The fourth-order valence-electron chi connectivity index (χ4n) is 3.18. The summed E-state index contributed by atoms with van der Waals surface area (Å²) < 4.78 is 1.18. The van der Waals surface area contributed by atoms with Crippen molar-refractivity contribution in [3.8, 4) is 0 Å². The van der Waals surface area contributed by atoms with E-state index in [4.69, 9.17) is 5.73 Å². The quantitative estimate of drug-likeness (QED) is 0.745. The van der Waals surface area contributed by atoms with Crippen molar-refractivity contribution >= 4 is 27.2 Å². The first-order chi connectivity index (χ1) is 11.6. The fraction of sp³-hybridized carbons (Fsp3) is 0.389.